The summed E-state index contributed by atoms with van der Waals surface area (Å²) in [6, 6.07) is 27.8. The number of aromatic nitrogens is 2. The molecular weight excluding hydrogens is 1020 g/mol. The Morgan fingerprint density at radius 2 is 0.961 bits per heavy atom. The normalized spacial score (nSPS) is 12.0. The quantitative estimate of drug-likeness (QED) is 0.0281. The summed E-state index contributed by atoms with van der Waals surface area (Å²) in [5.74, 6) is 0.660. The van der Waals surface area contributed by atoms with E-state index in [-0.39, 0.29) is 65.6 Å². The zero-order valence-electron chi connectivity index (χ0n) is 41.6. The molecule has 18 heteroatoms. The van der Waals surface area contributed by atoms with E-state index in [9.17, 15) is 30.0 Å². The van der Waals surface area contributed by atoms with Crippen molar-refractivity contribution in [3.8, 4) is 56.8 Å². The third-order valence-corrected chi connectivity index (χ3v) is 13.3. The van der Waals surface area contributed by atoms with E-state index in [1.165, 1.54) is 0 Å². The molecule has 2 atom stereocenters. The second-order valence-electron chi connectivity index (χ2n) is 17.8. The van der Waals surface area contributed by atoms with Crippen LogP contribution in [0.25, 0.3) is 33.8 Å². The lowest BCUT2D eigenvalue weighted by Gasteiger charge is -2.20. The molecule has 0 fully saturated rings. The van der Waals surface area contributed by atoms with E-state index in [2.05, 4.69) is 20.6 Å². The van der Waals surface area contributed by atoms with Gasteiger partial charge in [-0.3, -0.25) is 19.6 Å². The zero-order chi connectivity index (χ0) is 53.6. The number of aliphatic hydroxyl groups is 2. The maximum Gasteiger partial charge on any atom is 0.320 e. The van der Waals surface area contributed by atoms with Crippen molar-refractivity contribution in [2.24, 2.45) is 0 Å². The predicted octanol–water partition coefficient (Wildman–Crippen LogP) is 10.8. The minimum atomic E-state index is -1.09. The molecule has 0 aliphatic carbocycles. The number of benzene rings is 4. The van der Waals surface area contributed by atoms with Gasteiger partial charge >= 0.3 is 11.9 Å². The van der Waals surface area contributed by atoms with Gasteiger partial charge in [0.2, 0.25) is 0 Å². The second kappa shape index (κ2) is 26.2. The van der Waals surface area contributed by atoms with Crippen molar-refractivity contribution >= 4 is 35.1 Å². The standard InChI is InChI=1S/C58H56Cl2N4O12/c1-35-39(33-75-55-23-53(43(21-47(55)59)29-63-49(13-15-65)57(67)68)73-31-37-19-41(27-61-25-37)51-11-5-17-71-51)7-3-9-45(35)46-10-4-8-40(36(46)2)34-76-56-24-54(44(22-48(56)60)30-64-50(14-16-66)58(69)70)74-32-38-20-42(28-62-26-38)52-12-6-18-72-52/h3-12,17-28,49-50,63-66H,13-16,29-34H2,1-2H3,(H,67,68)(H,69,70)/t49-,50+. The van der Waals surface area contributed by atoms with Crippen LogP contribution in [0, 0.1) is 13.8 Å². The summed E-state index contributed by atoms with van der Waals surface area (Å²) in [7, 11) is 0. The Labute approximate surface area is 448 Å². The second-order valence-corrected chi connectivity index (χ2v) is 18.6. The Bertz CT molecular complexity index is 3030. The summed E-state index contributed by atoms with van der Waals surface area (Å²) in [5.41, 5.74) is 9.99. The van der Waals surface area contributed by atoms with Gasteiger partial charge in [0, 0.05) is 96.6 Å². The maximum absolute atomic E-state index is 11.9. The number of carboxylic acids is 2. The number of hydrogen-bond acceptors (Lipinski definition) is 14. The first-order valence-electron chi connectivity index (χ1n) is 24.3. The monoisotopic (exact) mass is 1070 g/mol. The van der Waals surface area contributed by atoms with Crippen LogP contribution in [0.4, 0.5) is 0 Å². The third-order valence-electron chi connectivity index (χ3n) is 12.7. The molecule has 0 aliphatic heterocycles. The number of pyridine rings is 2. The highest BCUT2D eigenvalue weighted by molar-refractivity contribution is 6.32. The first-order chi connectivity index (χ1) is 36.9. The van der Waals surface area contributed by atoms with Crippen LogP contribution in [-0.2, 0) is 49.1 Å². The molecule has 4 aromatic carbocycles. The molecule has 16 nitrogen and oxygen atoms in total. The molecule has 0 saturated heterocycles. The minimum Gasteiger partial charge on any atom is -0.488 e. The summed E-state index contributed by atoms with van der Waals surface area (Å²) in [6.45, 7) is 4.17. The van der Waals surface area contributed by atoms with Crippen molar-refractivity contribution in [2.75, 3.05) is 13.2 Å². The number of furan rings is 2. The van der Waals surface area contributed by atoms with Gasteiger partial charge in [0.15, 0.2) is 0 Å². The fourth-order valence-electron chi connectivity index (χ4n) is 8.45. The van der Waals surface area contributed by atoms with Gasteiger partial charge in [-0.1, -0.05) is 59.6 Å². The Balaban J connectivity index is 0.992. The number of nitrogens with zero attached hydrogens (tertiary/aromatic N) is 2. The fraction of sp³-hybridized carbons (Fsp3) is 0.241. The van der Waals surface area contributed by atoms with Gasteiger partial charge < -0.3 is 58.8 Å². The van der Waals surface area contributed by atoms with Crippen LogP contribution >= 0.6 is 23.2 Å². The molecule has 4 heterocycles. The molecule has 0 unspecified atom stereocenters. The molecule has 8 aromatic rings. The molecular formula is C58H56Cl2N4O12. The maximum atomic E-state index is 11.9. The van der Waals surface area contributed by atoms with Crippen molar-refractivity contribution in [2.45, 2.75) is 78.3 Å². The highest BCUT2D eigenvalue weighted by Gasteiger charge is 2.22. The average molecular weight is 1070 g/mol. The Hall–Kier alpha value is -7.70. The van der Waals surface area contributed by atoms with E-state index >= 15 is 0 Å². The molecule has 0 bridgehead atoms. The molecule has 6 N–H and O–H groups in total. The number of carbonyl (C=O) groups is 2. The first-order valence-corrected chi connectivity index (χ1v) is 25.1. The number of nitrogens with one attached hydrogen (secondary N) is 2. The van der Waals surface area contributed by atoms with Crippen LogP contribution in [0.5, 0.6) is 23.0 Å². The number of ether oxygens (including phenoxy) is 4. The third kappa shape index (κ3) is 14.0. The number of aliphatic hydroxyl groups excluding tert-OH is 2. The lowest BCUT2D eigenvalue weighted by atomic mass is 9.92. The van der Waals surface area contributed by atoms with E-state index in [1.807, 2.05) is 74.5 Å². The van der Waals surface area contributed by atoms with E-state index < -0.39 is 24.0 Å². The van der Waals surface area contributed by atoms with Gasteiger partial charge in [0.05, 0.1) is 22.6 Å². The van der Waals surface area contributed by atoms with Crippen LogP contribution < -0.4 is 29.6 Å². The highest BCUT2D eigenvalue weighted by atomic mass is 35.5. The Morgan fingerprint density at radius 3 is 1.34 bits per heavy atom. The Morgan fingerprint density at radius 1 is 0.539 bits per heavy atom. The van der Waals surface area contributed by atoms with E-state index in [1.54, 1.807) is 73.7 Å². The van der Waals surface area contributed by atoms with Gasteiger partial charge in [0.25, 0.3) is 0 Å². The zero-order valence-corrected chi connectivity index (χ0v) is 43.1. The molecule has 0 spiro atoms. The largest absolute Gasteiger partial charge is 0.488 e. The number of carboxylic acid groups (broad SMARTS) is 2. The van der Waals surface area contributed by atoms with Crippen molar-refractivity contribution < 1.29 is 57.8 Å². The van der Waals surface area contributed by atoms with Crippen LogP contribution in [0.15, 0.2) is 143 Å². The Kier molecular flexibility index (Phi) is 18.8. The molecule has 394 valence electrons. The predicted molar refractivity (Wildman–Crippen MR) is 285 cm³/mol. The topological polar surface area (TPSA) is 228 Å². The molecule has 76 heavy (non-hydrogen) atoms. The van der Waals surface area contributed by atoms with Crippen LogP contribution in [0.1, 0.15) is 57.3 Å². The average Bonchev–Trinajstić information content (AvgIpc) is 4.18. The van der Waals surface area contributed by atoms with Gasteiger partial charge in [0.1, 0.15) is 73.0 Å². The van der Waals surface area contributed by atoms with Crippen LogP contribution in [0.3, 0.4) is 0 Å². The SMILES string of the molecule is Cc1c(COc2cc(OCc3cncc(-c4ccco4)c3)c(CN[C@@H](CCO)C(=O)O)cc2Cl)cccc1-c1cccc(COc2cc(OCc3cncc(-c4ccco4)c3)c(CN[C@H](CCO)C(=O)O)cc2Cl)c1C. The fourth-order valence-corrected chi connectivity index (χ4v) is 8.93. The summed E-state index contributed by atoms with van der Waals surface area (Å²) >= 11 is 13.7. The van der Waals surface area contributed by atoms with Crippen molar-refractivity contribution in [1.29, 1.82) is 0 Å². The molecule has 0 radical (unpaired) electrons. The lowest BCUT2D eigenvalue weighted by Crippen LogP contribution is -2.37. The number of hydrogen-bond donors (Lipinski definition) is 6. The minimum absolute atomic E-state index is 0.0124. The van der Waals surface area contributed by atoms with Gasteiger partial charge in [-0.05, 0) is 109 Å². The van der Waals surface area contributed by atoms with Crippen molar-refractivity contribution in [3.63, 3.8) is 0 Å². The number of rotatable bonds is 27. The van der Waals surface area contributed by atoms with Gasteiger partial charge in [-0.15, -0.1) is 0 Å². The van der Waals surface area contributed by atoms with E-state index in [0.717, 1.165) is 55.6 Å². The van der Waals surface area contributed by atoms with Crippen LogP contribution in [-0.4, -0.2) is 67.6 Å². The van der Waals surface area contributed by atoms with E-state index in [4.69, 9.17) is 51.0 Å². The highest BCUT2D eigenvalue weighted by Crippen LogP contribution is 2.38. The summed E-state index contributed by atoms with van der Waals surface area (Å²) in [5, 5.41) is 45.0. The summed E-state index contributed by atoms with van der Waals surface area (Å²) in [6.07, 6.45) is 9.97. The molecule has 0 amide bonds. The van der Waals surface area contributed by atoms with Crippen molar-refractivity contribution in [3.05, 3.63) is 189 Å². The molecule has 0 aliphatic rings. The summed E-state index contributed by atoms with van der Waals surface area (Å²) in [4.78, 5) is 32.5. The van der Waals surface area contributed by atoms with Gasteiger partial charge in [-0.2, -0.15) is 0 Å². The molecule has 0 saturated carbocycles. The van der Waals surface area contributed by atoms with Crippen LogP contribution in [0.2, 0.25) is 10.0 Å². The summed E-state index contributed by atoms with van der Waals surface area (Å²) < 4.78 is 36.7. The van der Waals surface area contributed by atoms with Gasteiger partial charge in [-0.25, -0.2) is 0 Å². The lowest BCUT2D eigenvalue weighted by molar-refractivity contribution is -0.140. The molecule has 4 aromatic heterocycles. The number of halogens is 2. The molecule has 8 rings (SSSR count). The smallest absolute Gasteiger partial charge is 0.320 e. The first kappa shape index (κ1) is 54.6. The number of aliphatic carboxylic acids is 2. The van der Waals surface area contributed by atoms with E-state index in [0.29, 0.717) is 55.7 Å². The van der Waals surface area contributed by atoms with Crippen molar-refractivity contribution in [1.82, 2.24) is 20.6 Å².